The molecule has 2 N–H and O–H groups in total. The van der Waals surface area contributed by atoms with Crippen molar-refractivity contribution in [3.63, 3.8) is 0 Å². The van der Waals surface area contributed by atoms with Crippen LogP contribution < -0.4 is 5.32 Å². The first-order valence-corrected chi connectivity index (χ1v) is 9.34. The molecule has 3 rings (SSSR count). The predicted molar refractivity (Wildman–Crippen MR) is 103 cm³/mol. The van der Waals surface area contributed by atoms with Gasteiger partial charge in [0.2, 0.25) is 0 Å². The van der Waals surface area contributed by atoms with Crippen molar-refractivity contribution in [2.75, 3.05) is 19.6 Å². The first-order chi connectivity index (χ1) is 12.0. The number of carbonyl (C=O) groups excluding carboxylic acids is 1. The Morgan fingerprint density at radius 2 is 2.00 bits per heavy atom. The van der Waals surface area contributed by atoms with Crippen LogP contribution in [0.4, 0.5) is 0 Å². The number of amides is 1. The van der Waals surface area contributed by atoms with Crippen molar-refractivity contribution >= 4 is 18.1 Å². The van der Waals surface area contributed by atoms with Crippen molar-refractivity contribution in [1.29, 1.82) is 0 Å². The van der Waals surface area contributed by atoms with Crippen molar-refractivity contribution in [3.8, 4) is 5.69 Å². The van der Waals surface area contributed by atoms with Crippen molar-refractivity contribution < 1.29 is 4.79 Å². The Morgan fingerprint density at radius 3 is 2.60 bits per heavy atom. The van der Waals surface area contributed by atoms with E-state index in [1.807, 2.05) is 35.0 Å². The lowest BCUT2D eigenvalue weighted by atomic mass is 9.98. The van der Waals surface area contributed by atoms with Crippen molar-refractivity contribution in [2.24, 2.45) is 5.92 Å². The second-order valence-corrected chi connectivity index (χ2v) is 7.35. The minimum atomic E-state index is -0.0264. The largest absolute Gasteiger partial charge is 0.350 e. The molecule has 1 aromatic heterocycles. The smallest absolute Gasteiger partial charge is 0.251 e. The maximum Gasteiger partial charge on any atom is 0.251 e. The number of nitrogens with zero attached hydrogens (tertiary/aromatic N) is 2. The van der Waals surface area contributed by atoms with Gasteiger partial charge >= 0.3 is 0 Å². The van der Waals surface area contributed by atoms with Gasteiger partial charge in [0.05, 0.1) is 0 Å². The number of nitrogens with one attached hydrogen (secondary N) is 2. The van der Waals surface area contributed by atoms with E-state index in [2.05, 4.69) is 29.0 Å². The monoisotopic (exact) mass is 358 g/mol. The normalized spacial score (nSPS) is 17.4. The number of benzene rings is 1. The summed E-state index contributed by atoms with van der Waals surface area (Å²) in [6, 6.07) is 7.87. The van der Waals surface area contributed by atoms with Crippen molar-refractivity contribution in [3.05, 3.63) is 47.0 Å². The molecule has 1 saturated heterocycles. The summed E-state index contributed by atoms with van der Waals surface area (Å²) in [4.78, 5) is 17.8. The van der Waals surface area contributed by atoms with Crippen LogP contribution in [0.3, 0.4) is 0 Å². The van der Waals surface area contributed by atoms with E-state index in [0.717, 1.165) is 24.7 Å². The molecule has 2 heterocycles. The second-order valence-electron chi connectivity index (χ2n) is 6.96. The highest BCUT2D eigenvalue weighted by atomic mass is 32.1. The van der Waals surface area contributed by atoms with Crippen LogP contribution in [0.25, 0.3) is 5.69 Å². The van der Waals surface area contributed by atoms with Crippen LogP contribution in [0.2, 0.25) is 0 Å². The third kappa shape index (κ3) is 4.38. The summed E-state index contributed by atoms with van der Waals surface area (Å²) < 4.78 is 2.51. The van der Waals surface area contributed by atoms with Gasteiger partial charge in [-0.25, -0.2) is 0 Å². The third-order valence-electron chi connectivity index (χ3n) is 5.06. The fraction of sp³-hybridized carbons (Fsp3) is 0.474. The average molecular weight is 359 g/mol. The predicted octanol–water partition coefficient (Wildman–Crippen LogP) is 3.39. The fourth-order valence-corrected chi connectivity index (χ4v) is 3.47. The molecule has 0 bridgehead atoms. The Kier molecular flexibility index (Phi) is 5.71. The van der Waals surface area contributed by atoms with E-state index in [-0.39, 0.29) is 5.91 Å². The number of aromatic amines is 1. The lowest BCUT2D eigenvalue weighted by molar-refractivity contribution is 0.0921. The second kappa shape index (κ2) is 7.97. The number of hydrogen-bond acceptors (Lipinski definition) is 3. The molecule has 5 nitrogen and oxygen atoms in total. The van der Waals surface area contributed by atoms with Gasteiger partial charge in [0, 0.05) is 36.2 Å². The number of rotatable bonds is 5. The molecule has 1 atom stereocenters. The summed E-state index contributed by atoms with van der Waals surface area (Å²) in [7, 11) is 0. The highest BCUT2D eigenvalue weighted by molar-refractivity contribution is 7.71. The number of likely N-dealkylation sites (tertiary alicyclic amines) is 1. The quantitative estimate of drug-likeness (QED) is 0.806. The molecule has 1 aromatic carbocycles. The van der Waals surface area contributed by atoms with E-state index in [4.69, 9.17) is 12.2 Å². The molecule has 2 aromatic rings. The number of imidazole rings is 1. The molecule has 1 amide bonds. The summed E-state index contributed by atoms with van der Waals surface area (Å²) in [6.45, 7) is 7.44. The Hall–Kier alpha value is -1.92. The summed E-state index contributed by atoms with van der Waals surface area (Å²) in [5.41, 5.74) is 1.61. The summed E-state index contributed by atoms with van der Waals surface area (Å²) >= 11 is 5.21. The van der Waals surface area contributed by atoms with Crippen LogP contribution in [0.1, 0.15) is 37.0 Å². The first-order valence-electron chi connectivity index (χ1n) is 8.93. The topological polar surface area (TPSA) is 53.1 Å². The minimum absolute atomic E-state index is 0.0264. The molecule has 1 fully saturated rings. The zero-order valence-corrected chi connectivity index (χ0v) is 15.7. The maximum absolute atomic E-state index is 12.4. The fourth-order valence-electron chi connectivity index (χ4n) is 3.24. The first kappa shape index (κ1) is 17.9. The van der Waals surface area contributed by atoms with Gasteiger partial charge in [0.15, 0.2) is 4.77 Å². The molecule has 0 saturated carbocycles. The van der Waals surface area contributed by atoms with Crippen LogP contribution in [-0.2, 0) is 0 Å². The van der Waals surface area contributed by atoms with Crippen LogP contribution >= 0.6 is 12.2 Å². The lowest BCUT2D eigenvalue weighted by Crippen LogP contribution is -2.45. The molecule has 0 aliphatic carbocycles. The van der Waals surface area contributed by atoms with Crippen molar-refractivity contribution in [2.45, 2.75) is 32.7 Å². The number of carbonyl (C=O) groups is 1. The summed E-state index contributed by atoms with van der Waals surface area (Å²) in [6.07, 6.45) is 6.17. The van der Waals surface area contributed by atoms with Crippen LogP contribution in [-0.4, -0.2) is 46.0 Å². The SMILES string of the molecule is CC1CCN([C@@H](C)CNC(=O)c2ccc(-n3cc[nH]c3=S)cc2)CC1. The van der Waals surface area contributed by atoms with Gasteiger partial charge in [0.1, 0.15) is 0 Å². The molecule has 0 unspecified atom stereocenters. The van der Waals surface area contributed by atoms with Crippen LogP contribution in [0.5, 0.6) is 0 Å². The molecule has 134 valence electrons. The van der Waals surface area contributed by atoms with Gasteiger partial charge in [-0.2, -0.15) is 0 Å². The third-order valence-corrected chi connectivity index (χ3v) is 5.37. The highest BCUT2D eigenvalue weighted by Gasteiger charge is 2.20. The zero-order chi connectivity index (χ0) is 17.8. The van der Waals surface area contributed by atoms with Crippen LogP contribution in [0, 0.1) is 10.7 Å². The molecule has 1 aliphatic rings. The summed E-state index contributed by atoms with van der Waals surface area (Å²) in [5.74, 6) is 0.798. The number of H-pyrrole nitrogens is 1. The molecule has 25 heavy (non-hydrogen) atoms. The van der Waals surface area contributed by atoms with E-state index in [0.29, 0.717) is 22.9 Å². The Bertz CT molecular complexity index is 756. The van der Waals surface area contributed by atoms with Gasteiger partial charge in [0.25, 0.3) is 5.91 Å². The molecule has 1 aliphatic heterocycles. The van der Waals surface area contributed by atoms with Crippen LogP contribution in [0.15, 0.2) is 36.7 Å². The van der Waals surface area contributed by atoms with Gasteiger partial charge in [-0.1, -0.05) is 6.92 Å². The number of hydrogen-bond donors (Lipinski definition) is 2. The molecular formula is C19H26N4OS. The van der Waals surface area contributed by atoms with E-state index in [1.165, 1.54) is 12.8 Å². The lowest BCUT2D eigenvalue weighted by Gasteiger charge is -2.35. The number of aromatic nitrogens is 2. The minimum Gasteiger partial charge on any atom is -0.350 e. The van der Waals surface area contributed by atoms with E-state index in [9.17, 15) is 4.79 Å². The van der Waals surface area contributed by atoms with Gasteiger partial charge in [-0.05, 0) is 75.3 Å². The Morgan fingerprint density at radius 1 is 1.32 bits per heavy atom. The Labute approximate surface area is 154 Å². The van der Waals surface area contributed by atoms with Gasteiger partial charge in [-0.3, -0.25) is 14.3 Å². The molecular weight excluding hydrogens is 332 g/mol. The molecule has 6 heteroatoms. The Balaban J connectivity index is 1.54. The van der Waals surface area contributed by atoms with Gasteiger partial charge < -0.3 is 10.3 Å². The number of piperidine rings is 1. The van der Waals surface area contributed by atoms with E-state index < -0.39 is 0 Å². The molecule has 0 radical (unpaired) electrons. The zero-order valence-electron chi connectivity index (χ0n) is 14.9. The average Bonchev–Trinajstić information content (AvgIpc) is 3.06. The van der Waals surface area contributed by atoms with E-state index in [1.54, 1.807) is 6.20 Å². The van der Waals surface area contributed by atoms with Crippen molar-refractivity contribution in [1.82, 2.24) is 19.8 Å². The highest BCUT2D eigenvalue weighted by Crippen LogP contribution is 2.17. The van der Waals surface area contributed by atoms with E-state index >= 15 is 0 Å². The summed E-state index contributed by atoms with van der Waals surface area (Å²) in [5, 5.41) is 3.06. The maximum atomic E-state index is 12.4. The standard InChI is InChI=1S/C19H26N4OS/c1-14-7-10-22(11-8-14)15(2)13-21-18(24)16-3-5-17(6-4-16)23-12-9-20-19(23)25/h3-6,9,12,14-15H,7-8,10-11,13H2,1-2H3,(H,20,25)(H,21,24)/t15-/m0/s1. The van der Waals surface area contributed by atoms with Gasteiger partial charge in [-0.15, -0.1) is 0 Å². The molecule has 0 spiro atoms.